The van der Waals surface area contributed by atoms with Crippen molar-refractivity contribution >= 4 is 34.8 Å². The normalized spacial score (nSPS) is 24.0. The largest absolute Gasteiger partial charge is 0.384 e. The van der Waals surface area contributed by atoms with Crippen LogP contribution in [0.4, 0.5) is 0 Å². The molecule has 1 N–H and O–H groups in total. The van der Waals surface area contributed by atoms with Crippen LogP contribution in [0.2, 0.25) is 10.0 Å². The third-order valence-corrected chi connectivity index (χ3v) is 5.05. The van der Waals surface area contributed by atoms with Gasteiger partial charge in [-0.05, 0) is 48.4 Å². The van der Waals surface area contributed by atoms with Crippen LogP contribution in [0.15, 0.2) is 48.5 Å². The van der Waals surface area contributed by atoms with E-state index in [1.165, 1.54) is 0 Å². The number of carbonyl (C=O) groups excluding carboxylic acids is 2. The van der Waals surface area contributed by atoms with E-state index in [-0.39, 0.29) is 18.0 Å². The molecule has 1 saturated carbocycles. The molecular formula is C19H16Cl2O3. The first-order valence-corrected chi connectivity index (χ1v) is 8.45. The van der Waals surface area contributed by atoms with Crippen molar-refractivity contribution in [3.8, 4) is 0 Å². The van der Waals surface area contributed by atoms with Crippen molar-refractivity contribution in [2.75, 3.05) is 0 Å². The van der Waals surface area contributed by atoms with Crippen LogP contribution in [-0.4, -0.2) is 16.7 Å². The van der Waals surface area contributed by atoms with Crippen molar-refractivity contribution in [1.82, 2.24) is 0 Å². The molecule has 2 atom stereocenters. The number of ketones is 2. The highest BCUT2D eigenvalue weighted by molar-refractivity contribution is 6.30. The standard InChI is InChI=1S/C19H16Cl2O3/c20-14-5-1-12(2-6-14)18(23)17-10-9-16(22)11-19(17,24)13-3-7-15(21)8-4-13/h1-8,17,24H,9-11H2/t17-,19+/m1/s1. The van der Waals surface area contributed by atoms with E-state index in [1.807, 2.05) is 0 Å². The van der Waals surface area contributed by atoms with E-state index >= 15 is 0 Å². The van der Waals surface area contributed by atoms with Crippen LogP contribution in [0.1, 0.15) is 35.2 Å². The summed E-state index contributed by atoms with van der Waals surface area (Å²) in [5, 5.41) is 12.3. The Morgan fingerprint density at radius 3 is 2.12 bits per heavy atom. The maximum absolute atomic E-state index is 12.9. The molecule has 0 aromatic heterocycles. The summed E-state index contributed by atoms with van der Waals surface area (Å²) in [7, 11) is 0. The van der Waals surface area contributed by atoms with Gasteiger partial charge in [-0.1, -0.05) is 35.3 Å². The van der Waals surface area contributed by atoms with Crippen LogP contribution in [0.5, 0.6) is 0 Å². The SMILES string of the molecule is O=C1CC[C@H](C(=O)c2ccc(Cl)cc2)[C@@](O)(c2ccc(Cl)cc2)C1. The summed E-state index contributed by atoms with van der Waals surface area (Å²) in [5.41, 5.74) is -0.505. The van der Waals surface area contributed by atoms with E-state index in [0.29, 0.717) is 34.0 Å². The van der Waals surface area contributed by atoms with Crippen molar-refractivity contribution in [2.45, 2.75) is 24.9 Å². The maximum atomic E-state index is 12.9. The van der Waals surface area contributed by atoms with Crippen LogP contribution in [0.3, 0.4) is 0 Å². The average molecular weight is 363 g/mol. The number of rotatable bonds is 3. The number of Topliss-reactive ketones (excluding diaryl/α,β-unsaturated/α-hetero) is 2. The molecule has 1 aliphatic carbocycles. The number of hydrogen-bond acceptors (Lipinski definition) is 3. The molecule has 3 nitrogen and oxygen atoms in total. The second-order valence-electron chi connectivity index (χ2n) is 6.11. The molecule has 0 amide bonds. The zero-order valence-electron chi connectivity index (χ0n) is 12.8. The summed E-state index contributed by atoms with van der Waals surface area (Å²) in [6.07, 6.45) is 0.540. The molecule has 0 heterocycles. The van der Waals surface area contributed by atoms with Gasteiger partial charge in [0.1, 0.15) is 11.4 Å². The minimum atomic E-state index is -1.52. The Bertz CT molecular complexity index is 768. The Morgan fingerprint density at radius 1 is 1.00 bits per heavy atom. The molecule has 0 bridgehead atoms. The van der Waals surface area contributed by atoms with Crippen molar-refractivity contribution in [1.29, 1.82) is 0 Å². The summed E-state index contributed by atoms with van der Waals surface area (Å²) < 4.78 is 0. The molecule has 0 unspecified atom stereocenters. The Kier molecular flexibility index (Phi) is 4.77. The number of hydrogen-bond donors (Lipinski definition) is 1. The smallest absolute Gasteiger partial charge is 0.169 e. The molecule has 1 aliphatic rings. The Hall–Kier alpha value is -1.68. The van der Waals surface area contributed by atoms with Crippen LogP contribution < -0.4 is 0 Å². The second kappa shape index (κ2) is 6.67. The number of carbonyl (C=O) groups is 2. The van der Waals surface area contributed by atoms with Gasteiger partial charge in [-0.3, -0.25) is 9.59 Å². The second-order valence-corrected chi connectivity index (χ2v) is 6.98. The molecule has 1 fully saturated rings. The Balaban J connectivity index is 2.00. The van der Waals surface area contributed by atoms with Crippen molar-refractivity contribution in [3.05, 3.63) is 69.7 Å². The van der Waals surface area contributed by atoms with Crippen molar-refractivity contribution < 1.29 is 14.7 Å². The quantitative estimate of drug-likeness (QED) is 0.821. The first kappa shape index (κ1) is 17.2. The first-order valence-electron chi connectivity index (χ1n) is 7.70. The molecule has 2 aromatic rings. The highest BCUT2D eigenvalue weighted by Crippen LogP contribution is 2.42. The number of halogens is 2. The summed E-state index contributed by atoms with van der Waals surface area (Å²) in [4.78, 5) is 24.9. The van der Waals surface area contributed by atoms with Crippen molar-refractivity contribution in [2.24, 2.45) is 5.92 Å². The fourth-order valence-corrected chi connectivity index (χ4v) is 3.51. The van der Waals surface area contributed by atoms with E-state index < -0.39 is 11.5 Å². The van der Waals surface area contributed by atoms with Crippen LogP contribution in [-0.2, 0) is 10.4 Å². The average Bonchev–Trinajstić information content (AvgIpc) is 2.55. The molecule has 0 spiro atoms. The van der Waals surface area contributed by atoms with Crippen LogP contribution >= 0.6 is 23.2 Å². The van der Waals surface area contributed by atoms with E-state index in [9.17, 15) is 14.7 Å². The summed E-state index contributed by atoms with van der Waals surface area (Å²) in [5.74, 6) is -0.915. The third kappa shape index (κ3) is 3.25. The molecule has 124 valence electrons. The minimum Gasteiger partial charge on any atom is -0.384 e. The van der Waals surface area contributed by atoms with Crippen LogP contribution in [0, 0.1) is 5.92 Å². The predicted octanol–water partition coefficient (Wildman–Crippen LogP) is 4.43. The van der Waals surface area contributed by atoms with Gasteiger partial charge in [-0.2, -0.15) is 0 Å². The predicted molar refractivity (Wildman–Crippen MR) is 93.5 cm³/mol. The molecule has 0 saturated heterocycles. The zero-order valence-corrected chi connectivity index (χ0v) is 14.3. The monoisotopic (exact) mass is 362 g/mol. The van der Waals surface area contributed by atoms with E-state index in [2.05, 4.69) is 0 Å². The van der Waals surface area contributed by atoms with Gasteiger partial charge in [0.2, 0.25) is 0 Å². The summed E-state index contributed by atoms with van der Waals surface area (Å²) in [6.45, 7) is 0. The minimum absolute atomic E-state index is 0.0485. The molecule has 3 rings (SSSR count). The lowest BCUT2D eigenvalue weighted by molar-refractivity contribution is -0.131. The van der Waals surface area contributed by atoms with Crippen LogP contribution in [0.25, 0.3) is 0 Å². The maximum Gasteiger partial charge on any atom is 0.169 e. The molecule has 0 aliphatic heterocycles. The number of aliphatic hydroxyl groups is 1. The Morgan fingerprint density at radius 2 is 1.54 bits per heavy atom. The topological polar surface area (TPSA) is 54.4 Å². The van der Waals surface area contributed by atoms with Gasteiger partial charge >= 0.3 is 0 Å². The first-order chi connectivity index (χ1) is 11.4. The molecular weight excluding hydrogens is 347 g/mol. The number of benzene rings is 2. The van der Waals surface area contributed by atoms with Gasteiger partial charge in [0.05, 0.1) is 5.92 Å². The van der Waals surface area contributed by atoms with Gasteiger partial charge in [0.25, 0.3) is 0 Å². The van der Waals surface area contributed by atoms with E-state index in [0.717, 1.165) is 0 Å². The molecule has 5 heteroatoms. The van der Waals surface area contributed by atoms with Gasteiger partial charge in [0.15, 0.2) is 5.78 Å². The van der Waals surface area contributed by atoms with Gasteiger partial charge in [-0.15, -0.1) is 0 Å². The molecule has 0 radical (unpaired) electrons. The Labute approximate surface area is 150 Å². The lowest BCUT2D eigenvalue weighted by Crippen LogP contribution is -2.45. The van der Waals surface area contributed by atoms with Crippen molar-refractivity contribution in [3.63, 3.8) is 0 Å². The van der Waals surface area contributed by atoms with E-state index in [1.54, 1.807) is 48.5 Å². The zero-order chi connectivity index (χ0) is 17.3. The third-order valence-electron chi connectivity index (χ3n) is 4.54. The summed E-state index contributed by atoms with van der Waals surface area (Å²) >= 11 is 11.8. The summed E-state index contributed by atoms with van der Waals surface area (Å²) in [6, 6.07) is 13.2. The van der Waals surface area contributed by atoms with Gasteiger partial charge in [-0.25, -0.2) is 0 Å². The molecule has 2 aromatic carbocycles. The van der Waals surface area contributed by atoms with E-state index in [4.69, 9.17) is 23.2 Å². The highest BCUT2D eigenvalue weighted by atomic mass is 35.5. The highest BCUT2D eigenvalue weighted by Gasteiger charge is 2.47. The fraction of sp³-hybridized carbons (Fsp3) is 0.263. The lowest BCUT2D eigenvalue weighted by Gasteiger charge is -2.39. The fourth-order valence-electron chi connectivity index (χ4n) is 3.26. The van der Waals surface area contributed by atoms with Gasteiger partial charge < -0.3 is 5.11 Å². The lowest BCUT2D eigenvalue weighted by atomic mass is 9.68. The van der Waals surface area contributed by atoms with Gasteiger partial charge in [0, 0.05) is 28.5 Å². The molecule has 24 heavy (non-hydrogen) atoms.